The minimum Gasteiger partial charge on any atom is -0.494 e. The van der Waals surface area contributed by atoms with Crippen LogP contribution in [0.1, 0.15) is 20.8 Å². The van der Waals surface area contributed by atoms with Crippen molar-refractivity contribution in [3.05, 3.63) is 53.6 Å². The van der Waals surface area contributed by atoms with E-state index >= 15 is 0 Å². The monoisotopic (exact) mass is 424 g/mol. The van der Waals surface area contributed by atoms with Crippen molar-refractivity contribution in [1.82, 2.24) is 4.90 Å². The third kappa shape index (κ3) is 5.17. The maximum absolute atomic E-state index is 13.3. The molecule has 2 aromatic carbocycles. The van der Waals surface area contributed by atoms with Crippen LogP contribution in [0.25, 0.3) is 0 Å². The molecular weight excluding hydrogens is 400 g/mol. The number of carbonyl (C=O) groups is 1. The van der Waals surface area contributed by atoms with Crippen molar-refractivity contribution in [3.8, 4) is 5.75 Å². The van der Waals surface area contributed by atoms with E-state index in [-0.39, 0.29) is 17.3 Å². The fourth-order valence-electron chi connectivity index (χ4n) is 2.72. The highest BCUT2D eigenvalue weighted by atomic mass is 35.5. The number of benzene rings is 2. The number of nitrogens with zero attached hydrogens (tertiary/aromatic N) is 2. The lowest BCUT2D eigenvalue weighted by molar-refractivity contribution is -0.129. The second-order valence-electron chi connectivity index (χ2n) is 5.96. The van der Waals surface area contributed by atoms with E-state index in [1.807, 2.05) is 20.8 Å². The average molecular weight is 425 g/mol. The maximum atomic E-state index is 13.3. The van der Waals surface area contributed by atoms with Gasteiger partial charge in [0.25, 0.3) is 10.0 Å². The minimum absolute atomic E-state index is 0.0677. The second-order valence-corrected chi connectivity index (χ2v) is 8.26. The Morgan fingerprint density at radius 2 is 1.54 bits per heavy atom. The molecule has 2 aromatic rings. The van der Waals surface area contributed by atoms with Crippen LogP contribution in [-0.2, 0) is 14.8 Å². The van der Waals surface area contributed by atoms with Crippen molar-refractivity contribution >= 4 is 33.2 Å². The SMILES string of the molecule is CCOc1ccc(N(CC(=O)N(CC)CC)S(=O)(=O)c2ccc(Cl)cc2)cc1. The first-order valence-electron chi connectivity index (χ1n) is 9.12. The highest BCUT2D eigenvalue weighted by Crippen LogP contribution is 2.26. The number of carbonyl (C=O) groups excluding carboxylic acids is 1. The molecule has 28 heavy (non-hydrogen) atoms. The van der Waals surface area contributed by atoms with Gasteiger partial charge in [0.05, 0.1) is 17.2 Å². The summed E-state index contributed by atoms with van der Waals surface area (Å²) in [7, 11) is -3.95. The molecular formula is C20H25ClN2O4S. The smallest absolute Gasteiger partial charge is 0.264 e. The molecule has 0 aliphatic rings. The predicted octanol–water partition coefficient (Wildman–Crippen LogP) is 3.80. The molecule has 0 radical (unpaired) electrons. The Kier molecular flexibility index (Phi) is 7.71. The summed E-state index contributed by atoms with van der Waals surface area (Å²) in [6.07, 6.45) is 0. The van der Waals surface area contributed by atoms with Crippen LogP contribution in [0.2, 0.25) is 5.02 Å². The van der Waals surface area contributed by atoms with Crippen LogP contribution in [0.4, 0.5) is 5.69 Å². The Balaban J connectivity index is 2.45. The normalized spacial score (nSPS) is 11.1. The van der Waals surface area contributed by atoms with Crippen molar-refractivity contribution in [2.75, 3.05) is 30.5 Å². The van der Waals surface area contributed by atoms with Crippen LogP contribution >= 0.6 is 11.6 Å². The first kappa shape index (κ1) is 22.0. The molecule has 0 aliphatic carbocycles. The summed E-state index contributed by atoms with van der Waals surface area (Å²) in [4.78, 5) is 14.3. The molecule has 0 aliphatic heterocycles. The summed E-state index contributed by atoms with van der Waals surface area (Å²) >= 11 is 5.89. The molecule has 0 fully saturated rings. The first-order chi connectivity index (χ1) is 13.3. The topological polar surface area (TPSA) is 66.9 Å². The molecule has 0 saturated heterocycles. The highest BCUT2D eigenvalue weighted by molar-refractivity contribution is 7.92. The van der Waals surface area contributed by atoms with Crippen LogP contribution in [0.5, 0.6) is 5.75 Å². The summed E-state index contributed by atoms with van der Waals surface area (Å²) in [5.41, 5.74) is 0.388. The Labute approximate surface area is 171 Å². The van der Waals surface area contributed by atoms with Crippen LogP contribution < -0.4 is 9.04 Å². The zero-order chi connectivity index (χ0) is 20.7. The first-order valence-corrected chi connectivity index (χ1v) is 10.9. The Morgan fingerprint density at radius 1 is 0.964 bits per heavy atom. The van der Waals surface area contributed by atoms with Gasteiger partial charge < -0.3 is 9.64 Å². The van der Waals surface area contributed by atoms with Gasteiger partial charge in [-0.15, -0.1) is 0 Å². The van der Waals surface area contributed by atoms with Crippen LogP contribution in [-0.4, -0.2) is 45.5 Å². The van der Waals surface area contributed by atoms with Crippen molar-refractivity contribution in [3.63, 3.8) is 0 Å². The van der Waals surface area contributed by atoms with Gasteiger partial charge >= 0.3 is 0 Å². The Bertz CT molecular complexity index is 879. The van der Waals surface area contributed by atoms with Gasteiger partial charge in [-0.05, 0) is 69.3 Å². The van der Waals surface area contributed by atoms with Gasteiger partial charge in [0.2, 0.25) is 5.91 Å². The number of rotatable bonds is 9. The molecule has 0 spiro atoms. The molecule has 152 valence electrons. The largest absolute Gasteiger partial charge is 0.494 e. The fourth-order valence-corrected chi connectivity index (χ4v) is 4.26. The van der Waals surface area contributed by atoms with E-state index in [4.69, 9.17) is 16.3 Å². The number of likely N-dealkylation sites (N-methyl/N-ethyl adjacent to an activating group) is 1. The molecule has 0 unspecified atom stereocenters. The van der Waals surface area contributed by atoms with E-state index < -0.39 is 10.0 Å². The van der Waals surface area contributed by atoms with Gasteiger partial charge in [-0.3, -0.25) is 9.10 Å². The molecule has 0 heterocycles. The van der Waals surface area contributed by atoms with Gasteiger partial charge in [-0.25, -0.2) is 8.42 Å². The second kappa shape index (κ2) is 9.80. The molecule has 6 nitrogen and oxygen atoms in total. The third-order valence-corrected chi connectivity index (χ3v) is 6.27. The van der Waals surface area contributed by atoms with E-state index in [0.717, 1.165) is 4.31 Å². The molecule has 1 amide bonds. The third-order valence-electron chi connectivity index (χ3n) is 4.23. The number of halogens is 1. The zero-order valence-corrected chi connectivity index (χ0v) is 17.8. The average Bonchev–Trinajstić information content (AvgIpc) is 2.68. The quantitative estimate of drug-likeness (QED) is 0.614. The number of sulfonamides is 1. The highest BCUT2D eigenvalue weighted by Gasteiger charge is 2.28. The Morgan fingerprint density at radius 3 is 2.04 bits per heavy atom. The van der Waals surface area contributed by atoms with E-state index in [2.05, 4.69) is 0 Å². The molecule has 0 bridgehead atoms. The van der Waals surface area contributed by atoms with Crippen LogP contribution in [0.3, 0.4) is 0 Å². The van der Waals surface area contributed by atoms with Crippen molar-refractivity contribution in [2.45, 2.75) is 25.7 Å². The lowest BCUT2D eigenvalue weighted by atomic mass is 10.3. The van der Waals surface area contributed by atoms with E-state index in [0.29, 0.717) is 36.2 Å². The van der Waals surface area contributed by atoms with E-state index in [1.54, 1.807) is 29.2 Å². The van der Waals surface area contributed by atoms with Gasteiger partial charge in [-0.1, -0.05) is 11.6 Å². The summed E-state index contributed by atoms with van der Waals surface area (Å²) in [6, 6.07) is 12.5. The van der Waals surface area contributed by atoms with Gasteiger partial charge in [0.1, 0.15) is 12.3 Å². The van der Waals surface area contributed by atoms with Crippen LogP contribution in [0.15, 0.2) is 53.4 Å². The maximum Gasteiger partial charge on any atom is 0.264 e. The number of hydrogen-bond acceptors (Lipinski definition) is 4. The molecule has 0 N–H and O–H groups in total. The zero-order valence-electron chi connectivity index (χ0n) is 16.3. The van der Waals surface area contributed by atoms with Gasteiger partial charge in [0.15, 0.2) is 0 Å². The summed E-state index contributed by atoms with van der Waals surface area (Å²) in [5, 5.41) is 0.436. The lowest BCUT2D eigenvalue weighted by Crippen LogP contribution is -2.43. The molecule has 8 heteroatoms. The summed E-state index contributed by atoms with van der Waals surface area (Å²) in [6.45, 7) is 6.81. The number of amides is 1. The van der Waals surface area contributed by atoms with Crippen molar-refractivity contribution < 1.29 is 17.9 Å². The number of ether oxygens (including phenoxy) is 1. The lowest BCUT2D eigenvalue weighted by Gasteiger charge is -2.27. The van der Waals surface area contributed by atoms with Crippen molar-refractivity contribution in [2.24, 2.45) is 0 Å². The minimum atomic E-state index is -3.95. The summed E-state index contributed by atoms with van der Waals surface area (Å²) < 4.78 is 33.1. The Hall–Kier alpha value is -2.25. The molecule has 0 saturated carbocycles. The van der Waals surface area contributed by atoms with E-state index in [9.17, 15) is 13.2 Å². The number of anilines is 1. The van der Waals surface area contributed by atoms with Crippen molar-refractivity contribution in [1.29, 1.82) is 0 Å². The number of hydrogen-bond donors (Lipinski definition) is 0. The van der Waals surface area contributed by atoms with Gasteiger partial charge in [-0.2, -0.15) is 0 Å². The van der Waals surface area contributed by atoms with Gasteiger partial charge in [0, 0.05) is 18.1 Å². The molecule has 0 atom stereocenters. The van der Waals surface area contributed by atoms with E-state index in [1.165, 1.54) is 24.3 Å². The standard InChI is InChI=1S/C20H25ClN2O4S/c1-4-22(5-2)20(24)15-23(17-9-11-18(12-10-17)27-6-3)28(25,26)19-13-7-16(21)8-14-19/h7-14H,4-6,15H2,1-3H3. The van der Waals surface area contributed by atoms with Crippen LogP contribution in [0, 0.1) is 0 Å². The predicted molar refractivity (Wildman–Crippen MR) is 112 cm³/mol. The molecule has 2 rings (SSSR count). The fraction of sp³-hybridized carbons (Fsp3) is 0.350. The summed E-state index contributed by atoms with van der Waals surface area (Å²) in [5.74, 6) is 0.363. The molecule has 0 aromatic heterocycles.